The summed E-state index contributed by atoms with van der Waals surface area (Å²) in [4.78, 5) is 24.5. The van der Waals surface area contributed by atoms with E-state index >= 15 is 0 Å². The number of ether oxygens (including phenoxy) is 2. The second kappa shape index (κ2) is 5.67. The highest BCUT2D eigenvalue weighted by atomic mass is 16.5. The van der Waals surface area contributed by atoms with Crippen LogP contribution in [0.4, 0.5) is 0 Å². The molecule has 0 aliphatic carbocycles. The minimum atomic E-state index is -0.452. The maximum atomic E-state index is 12.4. The molecule has 1 aromatic rings. The number of benzene rings is 1. The molecule has 22 heavy (non-hydrogen) atoms. The lowest BCUT2D eigenvalue weighted by Gasteiger charge is -2.27. The van der Waals surface area contributed by atoms with Crippen LogP contribution in [0, 0.1) is 0 Å². The third-order valence-electron chi connectivity index (χ3n) is 3.84. The van der Waals surface area contributed by atoms with Crippen LogP contribution in [0.5, 0.6) is 0 Å². The summed E-state index contributed by atoms with van der Waals surface area (Å²) in [6.45, 7) is 4.07. The fourth-order valence-corrected chi connectivity index (χ4v) is 2.93. The Bertz CT molecular complexity index is 688. The molecule has 0 aromatic heterocycles. The molecule has 1 atom stereocenters. The molecule has 0 bridgehead atoms. The topological polar surface area (TPSA) is 64.6 Å². The Hall–Kier alpha value is -2.56. The molecule has 0 amide bonds. The summed E-state index contributed by atoms with van der Waals surface area (Å²) in [6, 6.07) is 9.47. The number of allylic oxidation sites excluding steroid dienone is 1. The van der Waals surface area contributed by atoms with Crippen LogP contribution in [0.1, 0.15) is 25.3 Å². The molecular weight excluding hydrogens is 282 g/mol. The van der Waals surface area contributed by atoms with Gasteiger partial charge >= 0.3 is 11.9 Å². The molecule has 0 radical (unpaired) electrons. The van der Waals surface area contributed by atoms with Crippen molar-refractivity contribution in [1.82, 2.24) is 5.32 Å². The lowest BCUT2D eigenvalue weighted by molar-refractivity contribution is -0.138. The van der Waals surface area contributed by atoms with E-state index in [-0.39, 0.29) is 19.2 Å². The van der Waals surface area contributed by atoms with E-state index in [0.717, 1.165) is 11.3 Å². The molecule has 0 spiro atoms. The summed E-state index contributed by atoms with van der Waals surface area (Å²) in [5.74, 6) is -1.25. The Kier molecular flexibility index (Phi) is 3.71. The second-order valence-corrected chi connectivity index (χ2v) is 5.20. The number of rotatable bonds is 3. The maximum absolute atomic E-state index is 12.4. The number of dihydropyridines is 1. The minimum Gasteiger partial charge on any atom is -0.463 e. The second-order valence-electron chi connectivity index (χ2n) is 5.20. The van der Waals surface area contributed by atoms with Gasteiger partial charge < -0.3 is 14.8 Å². The molecule has 2 aliphatic heterocycles. The van der Waals surface area contributed by atoms with Gasteiger partial charge in [-0.05, 0) is 19.4 Å². The van der Waals surface area contributed by atoms with Gasteiger partial charge in [-0.3, -0.25) is 0 Å². The van der Waals surface area contributed by atoms with Crippen molar-refractivity contribution < 1.29 is 19.1 Å². The Balaban J connectivity index is 2.13. The third kappa shape index (κ3) is 2.28. The quantitative estimate of drug-likeness (QED) is 0.865. The van der Waals surface area contributed by atoms with Crippen LogP contribution in [0.25, 0.3) is 0 Å². The van der Waals surface area contributed by atoms with Gasteiger partial charge in [0.15, 0.2) is 0 Å². The molecule has 1 aromatic carbocycles. The van der Waals surface area contributed by atoms with Gasteiger partial charge in [-0.2, -0.15) is 0 Å². The van der Waals surface area contributed by atoms with Crippen LogP contribution in [-0.2, 0) is 19.1 Å². The predicted octanol–water partition coefficient (Wildman–Crippen LogP) is 2.02. The van der Waals surface area contributed by atoms with Crippen LogP contribution >= 0.6 is 0 Å². The van der Waals surface area contributed by atoms with E-state index < -0.39 is 11.9 Å². The van der Waals surface area contributed by atoms with Crippen molar-refractivity contribution in [2.75, 3.05) is 13.2 Å². The average Bonchev–Trinajstić information content (AvgIpc) is 2.88. The summed E-state index contributed by atoms with van der Waals surface area (Å²) in [5.41, 5.74) is 3.26. The third-order valence-corrected chi connectivity index (χ3v) is 3.84. The molecule has 0 unspecified atom stereocenters. The SMILES string of the molecule is CCOC(=O)C1=C(C)NC2=C(C(=O)OC2)[C@H]1c1ccccc1. The lowest BCUT2D eigenvalue weighted by Crippen LogP contribution is -2.30. The fraction of sp³-hybridized carbons (Fsp3) is 0.294. The first-order valence-electron chi connectivity index (χ1n) is 7.23. The molecule has 114 valence electrons. The summed E-state index contributed by atoms with van der Waals surface area (Å²) in [5, 5.41) is 3.11. The Morgan fingerprint density at radius 2 is 2.09 bits per heavy atom. The van der Waals surface area contributed by atoms with Crippen LogP contribution in [0.15, 0.2) is 52.9 Å². The highest BCUT2D eigenvalue weighted by Gasteiger charge is 2.41. The smallest absolute Gasteiger partial charge is 0.337 e. The molecule has 2 aliphatic rings. The number of cyclic esters (lactones) is 1. The normalized spacial score (nSPS) is 20.5. The number of hydrogen-bond acceptors (Lipinski definition) is 5. The van der Waals surface area contributed by atoms with Gasteiger partial charge in [0, 0.05) is 5.70 Å². The van der Waals surface area contributed by atoms with E-state index in [1.54, 1.807) is 6.92 Å². The van der Waals surface area contributed by atoms with Crippen molar-refractivity contribution in [3.05, 3.63) is 58.4 Å². The minimum absolute atomic E-state index is 0.213. The molecule has 5 heteroatoms. The van der Waals surface area contributed by atoms with Crippen molar-refractivity contribution in [2.24, 2.45) is 0 Å². The molecular formula is C17H17NO4. The number of carbonyl (C=O) groups excluding carboxylic acids is 2. The lowest BCUT2D eigenvalue weighted by atomic mass is 9.81. The molecule has 0 saturated carbocycles. The maximum Gasteiger partial charge on any atom is 0.337 e. The Labute approximate surface area is 128 Å². The van der Waals surface area contributed by atoms with E-state index in [0.29, 0.717) is 16.8 Å². The fourth-order valence-electron chi connectivity index (χ4n) is 2.93. The summed E-state index contributed by atoms with van der Waals surface area (Å²) >= 11 is 0. The molecule has 1 N–H and O–H groups in total. The van der Waals surface area contributed by atoms with Gasteiger partial charge in [0.1, 0.15) is 6.61 Å². The molecule has 0 fully saturated rings. The van der Waals surface area contributed by atoms with E-state index in [4.69, 9.17) is 9.47 Å². The van der Waals surface area contributed by atoms with Gasteiger partial charge in [-0.25, -0.2) is 9.59 Å². The van der Waals surface area contributed by atoms with E-state index in [2.05, 4.69) is 5.32 Å². The monoisotopic (exact) mass is 299 g/mol. The number of carbonyl (C=O) groups is 2. The molecule has 3 rings (SSSR count). The Morgan fingerprint density at radius 1 is 1.36 bits per heavy atom. The van der Waals surface area contributed by atoms with Gasteiger partial charge in [-0.15, -0.1) is 0 Å². The van der Waals surface area contributed by atoms with Crippen molar-refractivity contribution in [3.8, 4) is 0 Å². The molecule has 0 saturated heterocycles. The first-order valence-corrected chi connectivity index (χ1v) is 7.23. The van der Waals surface area contributed by atoms with Crippen LogP contribution in [-0.4, -0.2) is 25.2 Å². The molecule has 5 nitrogen and oxygen atoms in total. The number of hydrogen-bond donors (Lipinski definition) is 1. The standard InChI is InChI=1S/C17H17NO4/c1-3-21-16(19)13-10(2)18-12-9-22-17(20)15(12)14(13)11-7-5-4-6-8-11/h4-8,14,18H,3,9H2,1-2H3/t14-/m0/s1. The highest BCUT2D eigenvalue weighted by molar-refractivity contribution is 6.01. The Morgan fingerprint density at radius 3 is 2.77 bits per heavy atom. The molecule has 2 heterocycles. The van der Waals surface area contributed by atoms with Crippen LogP contribution in [0.3, 0.4) is 0 Å². The van der Waals surface area contributed by atoms with E-state index in [9.17, 15) is 9.59 Å². The highest BCUT2D eigenvalue weighted by Crippen LogP contribution is 2.41. The van der Waals surface area contributed by atoms with Crippen molar-refractivity contribution in [1.29, 1.82) is 0 Å². The zero-order chi connectivity index (χ0) is 15.7. The number of esters is 2. The average molecular weight is 299 g/mol. The first kappa shape index (κ1) is 14.4. The summed E-state index contributed by atoms with van der Waals surface area (Å²) in [7, 11) is 0. The van der Waals surface area contributed by atoms with Crippen LogP contribution < -0.4 is 5.32 Å². The first-order chi connectivity index (χ1) is 10.6. The van der Waals surface area contributed by atoms with Gasteiger partial charge in [0.2, 0.25) is 0 Å². The van der Waals surface area contributed by atoms with Crippen molar-refractivity contribution in [3.63, 3.8) is 0 Å². The van der Waals surface area contributed by atoms with Crippen molar-refractivity contribution in [2.45, 2.75) is 19.8 Å². The summed E-state index contributed by atoms with van der Waals surface area (Å²) < 4.78 is 10.3. The zero-order valence-electron chi connectivity index (χ0n) is 12.5. The van der Waals surface area contributed by atoms with Crippen LogP contribution in [0.2, 0.25) is 0 Å². The predicted molar refractivity (Wildman–Crippen MR) is 79.6 cm³/mol. The number of nitrogens with one attached hydrogen (secondary N) is 1. The van der Waals surface area contributed by atoms with E-state index in [1.807, 2.05) is 37.3 Å². The van der Waals surface area contributed by atoms with E-state index in [1.165, 1.54) is 0 Å². The van der Waals surface area contributed by atoms with Gasteiger partial charge in [-0.1, -0.05) is 30.3 Å². The zero-order valence-corrected chi connectivity index (χ0v) is 12.5. The summed E-state index contributed by atoms with van der Waals surface area (Å²) in [6.07, 6.45) is 0. The largest absolute Gasteiger partial charge is 0.463 e. The van der Waals surface area contributed by atoms with Gasteiger partial charge in [0.05, 0.1) is 29.4 Å². The van der Waals surface area contributed by atoms with Crippen molar-refractivity contribution >= 4 is 11.9 Å². The van der Waals surface area contributed by atoms with Gasteiger partial charge in [0.25, 0.3) is 0 Å².